The molecule has 0 N–H and O–H groups in total. The van der Waals surface area contributed by atoms with Crippen molar-refractivity contribution in [3.8, 4) is 0 Å². The summed E-state index contributed by atoms with van der Waals surface area (Å²) >= 11 is 0. The topological polar surface area (TPSA) is 78.9 Å². The van der Waals surface area contributed by atoms with E-state index in [1.165, 1.54) is 12.7 Å². The molecule has 0 heterocycles. The number of carbonyl (C=O) groups is 3. The van der Waals surface area contributed by atoms with Crippen LogP contribution < -0.4 is 0 Å². The molecule has 41 heavy (non-hydrogen) atoms. The average molecular weight is 567 g/mol. The van der Waals surface area contributed by atoms with Gasteiger partial charge in [-0.05, 0) is 105 Å². The maximum atomic E-state index is 13.7. The Morgan fingerprint density at radius 1 is 0.902 bits per heavy atom. The van der Waals surface area contributed by atoms with E-state index >= 15 is 0 Å². The Morgan fingerprint density at radius 3 is 2.22 bits per heavy atom. The Hall–Kier alpha value is -2.21. The molecule has 0 aromatic rings. The molecule has 5 rings (SSSR count). The molecule has 0 bridgehead atoms. The van der Waals surface area contributed by atoms with Crippen molar-refractivity contribution in [1.29, 1.82) is 0 Å². The SMILES string of the molecule is CCCC(=O)O[C@H]1C(=O)C=C2C(=CC=C3[C@@]2(C)CC[C@@]2(C)[C@@H]4C[C@](C)(C(=O)OC)CC[C@]4(C)CC[C@]32C)[C@]1(C)OC. The quantitative estimate of drug-likeness (QED) is 0.331. The van der Waals surface area contributed by atoms with Crippen LogP contribution in [0.15, 0.2) is 34.9 Å². The Kier molecular flexibility index (Phi) is 7.12. The van der Waals surface area contributed by atoms with Gasteiger partial charge in [0.05, 0.1) is 12.5 Å². The van der Waals surface area contributed by atoms with E-state index in [1.807, 2.05) is 13.8 Å². The van der Waals surface area contributed by atoms with Crippen molar-refractivity contribution >= 4 is 17.7 Å². The van der Waals surface area contributed by atoms with E-state index < -0.39 is 17.1 Å². The first-order chi connectivity index (χ1) is 19.1. The van der Waals surface area contributed by atoms with E-state index in [0.717, 1.165) is 56.1 Å². The second kappa shape index (κ2) is 9.65. The highest BCUT2D eigenvalue weighted by molar-refractivity contribution is 6.00. The Bertz CT molecular complexity index is 1260. The summed E-state index contributed by atoms with van der Waals surface area (Å²) in [6.45, 7) is 15.6. The fraction of sp³-hybridized carbons (Fsp3) is 0.743. The monoisotopic (exact) mass is 566 g/mol. The summed E-state index contributed by atoms with van der Waals surface area (Å²) in [5.74, 6) is -0.276. The highest BCUT2D eigenvalue weighted by atomic mass is 16.6. The molecule has 0 aromatic carbocycles. The van der Waals surface area contributed by atoms with Crippen molar-refractivity contribution in [2.75, 3.05) is 14.2 Å². The molecule has 0 amide bonds. The fourth-order valence-corrected chi connectivity index (χ4v) is 9.90. The Balaban J connectivity index is 1.59. The van der Waals surface area contributed by atoms with Crippen LogP contribution in [0.25, 0.3) is 0 Å². The van der Waals surface area contributed by atoms with Crippen molar-refractivity contribution in [3.63, 3.8) is 0 Å². The van der Waals surface area contributed by atoms with Crippen molar-refractivity contribution in [3.05, 3.63) is 34.9 Å². The Labute approximate surface area is 246 Å². The van der Waals surface area contributed by atoms with E-state index in [4.69, 9.17) is 14.2 Å². The Morgan fingerprint density at radius 2 is 1.59 bits per heavy atom. The van der Waals surface area contributed by atoms with Crippen molar-refractivity contribution in [1.82, 2.24) is 0 Å². The molecule has 6 nitrogen and oxygen atoms in total. The second-order valence-electron chi connectivity index (χ2n) is 15.1. The normalized spacial score (nSPS) is 45.1. The number of ether oxygens (including phenoxy) is 3. The summed E-state index contributed by atoms with van der Waals surface area (Å²) in [4.78, 5) is 39.1. The van der Waals surface area contributed by atoms with E-state index in [-0.39, 0.29) is 45.8 Å². The van der Waals surface area contributed by atoms with Gasteiger partial charge in [0.15, 0.2) is 11.9 Å². The van der Waals surface area contributed by atoms with Gasteiger partial charge in [-0.25, -0.2) is 0 Å². The summed E-state index contributed by atoms with van der Waals surface area (Å²) < 4.78 is 17.1. The molecule has 5 aliphatic carbocycles. The summed E-state index contributed by atoms with van der Waals surface area (Å²) in [5, 5.41) is 0. The molecular weight excluding hydrogens is 516 g/mol. The van der Waals surface area contributed by atoms with Crippen LogP contribution in [-0.4, -0.2) is 43.6 Å². The number of carbonyl (C=O) groups excluding carboxylic acids is 3. The van der Waals surface area contributed by atoms with Crippen LogP contribution >= 0.6 is 0 Å². The van der Waals surface area contributed by atoms with E-state index in [1.54, 1.807) is 13.2 Å². The number of hydrogen-bond acceptors (Lipinski definition) is 6. The lowest BCUT2D eigenvalue weighted by atomic mass is 9.34. The van der Waals surface area contributed by atoms with Gasteiger partial charge in [-0.15, -0.1) is 0 Å². The molecule has 8 atom stereocenters. The van der Waals surface area contributed by atoms with Crippen LogP contribution in [0.5, 0.6) is 0 Å². The van der Waals surface area contributed by atoms with Crippen molar-refractivity contribution < 1.29 is 28.6 Å². The summed E-state index contributed by atoms with van der Waals surface area (Å²) in [7, 11) is 3.11. The predicted octanol–water partition coefficient (Wildman–Crippen LogP) is 7.07. The number of methoxy groups -OCH3 is 2. The lowest BCUT2D eigenvalue weighted by Crippen LogP contribution is -2.63. The first-order valence-electron chi connectivity index (χ1n) is 15.6. The van der Waals surface area contributed by atoms with E-state index in [9.17, 15) is 14.4 Å². The predicted molar refractivity (Wildman–Crippen MR) is 158 cm³/mol. The van der Waals surface area contributed by atoms with E-state index in [2.05, 4.69) is 46.8 Å². The molecule has 0 spiro atoms. The molecule has 0 saturated heterocycles. The van der Waals surface area contributed by atoms with Gasteiger partial charge in [-0.1, -0.05) is 52.3 Å². The van der Waals surface area contributed by atoms with Crippen LogP contribution in [-0.2, 0) is 28.6 Å². The van der Waals surface area contributed by atoms with Gasteiger partial charge in [0, 0.05) is 18.9 Å². The zero-order valence-corrected chi connectivity index (χ0v) is 26.7. The molecule has 6 heteroatoms. The maximum absolute atomic E-state index is 13.7. The zero-order chi connectivity index (χ0) is 30.2. The number of allylic oxidation sites excluding steroid dienone is 3. The summed E-state index contributed by atoms with van der Waals surface area (Å²) in [6, 6.07) is 0. The smallest absolute Gasteiger partial charge is 0.311 e. The first-order valence-corrected chi connectivity index (χ1v) is 15.6. The molecule has 5 aliphatic rings. The third-order valence-corrected chi connectivity index (χ3v) is 13.0. The largest absolute Gasteiger partial charge is 0.469 e. The van der Waals surface area contributed by atoms with Gasteiger partial charge in [-0.3, -0.25) is 14.4 Å². The van der Waals surface area contributed by atoms with Crippen LogP contribution in [0, 0.1) is 33.0 Å². The molecule has 0 aliphatic heterocycles. The minimum Gasteiger partial charge on any atom is -0.469 e. The van der Waals surface area contributed by atoms with Gasteiger partial charge in [0.2, 0.25) is 0 Å². The van der Waals surface area contributed by atoms with Gasteiger partial charge >= 0.3 is 11.9 Å². The van der Waals surface area contributed by atoms with Crippen LogP contribution in [0.4, 0.5) is 0 Å². The second-order valence-corrected chi connectivity index (χ2v) is 15.1. The van der Waals surface area contributed by atoms with Gasteiger partial charge < -0.3 is 14.2 Å². The van der Waals surface area contributed by atoms with Gasteiger partial charge in [-0.2, -0.15) is 0 Å². The molecule has 3 fully saturated rings. The standard InChI is InChI=1S/C35H50O6/c1-10-11-27(37)41-28-24(36)20-23-22(35(28,7)40-9)12-13-25-32(23,4)17-19-34(6)26-21-31(3,29(38)39-8)15-14-30(26,2)16-18-33(25,34)5/h12-13,20,26,28H,10-11,14-19,21H2,1-9H3/t26-,28+,30-,31-,32+,33-,34+,35+/m1/s1. The lowest BCUT2D eigenvalue weighted by molar-refractivity contribution is -0.181. The minimum absolute atomic E-state index is 0.00555. The molecule has 0 radical (unpaired) electrons. The average Bonchev–Trinajstić information content (AvgIpc) is 2.93. The molecule has 0 unspecified atom stereocenters. The van der Waals surface area contributed by atoms with E-state index in [0.29, 0.717) is 12.3 Å². The fourth-order valence-electron chi connectivity index (χ4n) is 9.90. The van der Waals surface area contributed by atoms with Gasteiger partial charge in [0.25, 0.3) is 0 Å². The third kappa shape index (κ3) is 4.02. The van der Waals surface area contributed by atoms with Crippen LogP contribution in [0.2, 0.25) is 0 Å². The third-order valence-electron chi connectivity index (χ3n) is 13.0. The first kappa shape index (κ1) is 30.3. The highest BCUT2D eigenvalue weighted by Crippen LogP contribution is 2.75. The summed E-state index contributed by atoms with van der Waals surface area (Å²) in [5.41, 5.74) is 1.55. The molecule has 226 valence electrons. The van der Waals surface area contributed by atoms with Crippen molar-refractivity contribution in [2.45, 2.75) is 118 Å². The number of rotatable bonds is 5. The van der Waals surface area contributed by atoms with Gasteiger partial charge in [0.1, 0.15) is 5.60 Å². The number of fused-ring (bicyclic) bond motifs is 7. The molecule has 3 saturated carbocycles. The number of esters is 2. The summed E-state index contributed by atoms with van der Waals surface area (Å²) in [6.07, 6.45) is 13.0. The molecular formula is C35H50O6. The highest BCUT2D eigenvalue weighted by Gasteiger charge is 2.68. The number of hydrogen-bond donors (Lipinski definition) is 0. The zero-order valence-electron chi connectivity index (χ0n) is 26.7. The van der Waals surface area contributed by atoms with Crippen molar-refractivity contribution in [2.24, 2.45) is 33.0 Å². The maximum Gasteiger partial charge on any atom is 0.311 e. The number of ketones is 1. The lowest BCUT2D eigenvalue weighted by Gasteiger charge is -2.70. The van der Waals surface area contributed by atoms with Crippen LogP contribution in [0.3, 0.4) is 0 Å². The van der Waals surface area contributed by atoms with Crippen LogP contribution in [0.1, 0.15) is 106 Å². The minimum atomic E-state index is -1.06. The molecule has 0 aromatic heterocycles.